The van der Waals surface area contributed by atoms with Gasteiger partial charge in [0.15, 0.2) is 5.78 Å². The second-order valence-electron chi connectivity index (χ2n) is 11.6. The van der Waals surface area contributed by atoms with Crippen molar-refractivity contribution < 1.29 is 9.90 Å². The number of hydrogen-bond acceptors (Lipinski definition) is 3. The van der Waals surface area contributed by atoms with Gasteiger partial charge >= 0.3 is 0 Å². The molecule has 180 valence electrons. The van der Waals surface area contributed by atoms with E-state index in [1.165, 1.54) is 22.4 Å². The summed E-state index contributed by atoms with van der Waals surface area (Å²) in [6.45, 7) is 8.58. The summed E-state index contributed by atoms with van der Waals surface area (Å²) in [5.41, 5.74) is 5.74. The number of hydrogen-bond donors (Lipinski definition) is 1. The lowest BCUT2D eigenvalue weighted by atomic mass is 9.51. The van der Waals surface area contributed by atoms with Gasteiger partial charge in [-0.3, -0.25) is 4.79 Å². The molecule has 2 saturated carbocycles. The first-order chi connectivity index (χ1) is 16.2. The van der Waals surface area contributed by atoms with Crippen LogP contribution in [0.1, 0.15) is 84.1 Å². The van der Waals surface area contributed by atoms with E-state index >= 15 is 0 Å². The van der Waals surface area contributed by atoms with E-state index in [1.54, 1.807) is 5.57 Å². The topological polar surface area (TPSA) is 40.5 Å². The lowest BCUT2D eigenvalue weighted by Gasteiger charge is -2.53. The molecular weight excluding hydrogens is 418 g/mol. The van der Waals surface area contributed by atoms with Crippen LogP contribution in [0.2, 0.25) is 0 Å². The fourth-order valence-corrected chi connectivity index (χ4v) is 7.62. The molecule has 4 aliphatic carbocycles. The highest BCUT2D eigenvalue weighted by Crippen LogP contribution is 2.66. The molecule has 0 amide bonds. The molecule has 34 heavy (non-hydrogen) atoms. The number of ketones is 1. The number of allylic oxidation sites excluding steroid dienone is 4. The molecule has 3 heteroatoms. The minimum absolute atomic E-state index is 0.228. The van der Waals surface area contributed by atoms with Gasteiger partial charge in [-0.05, 0) is 106 Å². The summed E-state index contributed by atoms with van der Waals surface area (Å²) in [4.78, 5) is 14.5. The maximum absolute atomic E-state index is 12.2. The Morgan fingerprint density at radius 3 is 2.53 bits per heavy atom. The van der Waals surface area contributed by atoms with Crippen molar-refractivity contribution in [3.8, 4) is 11.8 Å². The molecule has 0 spiro atoms. The maximum Gasteiger partial charge on any atom is 0.156 e. The zero-order chi connectivity index (χ0) is 24.3. The number of carbonyl (C=O) groups is 1. The van der Waals surface area contributed by atoms with Crippen molar-refractivity contribution in [1.29, 1.82) is 0 Å². The van der Waals surface area contributed by atoms with Crippen LogP contribution in [0.4, 0.5) is 5.69 Å². The number of fused-ring (bicyclic) bond motifs is 4. The van der Waals surface area contributed by atoms with Crippen molar-refractivity contribution in [2.24, 2.45) is 17.3 Å². The Hall–Kier alpha value is -2.31. The number of benzene rings is 1. The molecule has 0 aliphatic heterocycles. The van der Waals surface area contributed by atoms with Crippen LogP contribution < -0.4 is 4.90 Å². The molecule has 0 bridgehead atoms. The number of nitrogens with zero attached hydrogens (tertiary/aromatic N) is 1. The average molecular weight is 458 g/mol. The smallest absolute Gasteiger partial charge is 0.156 e. The summed E-state index contributed by atoms with van der Waals surface area (Å²) in [5, 5.41) is 11.8. The summed E-state index contributed by atoms with van der Waals surface area (Å²) in [7, 11) is 2.14. The SMILES string of the molecule is CC#C[C@]1(O)CC[C@H]2[C@@H]3CCC4=CC(=O)CCC4=C3C(c3ccc(N(C)C(C)C)cc3)C[C@@]21C. The Kier molecular flexibility index (Phi) is 5.80. The third-order valence-electron chi connectivity index (χ3n) is 9.70. The number of carbonyl (C=O) groups excluding carboxylic acids is 1. The maximum atomic E-state index is 12.2. The van der Waals surface area contributed by atoms with E-state index < -0.39 is 5.60 Å². The first-order valence-electron chi connectivity index (χ1n) is 13.1. The van der Waals surface area contributed by atoms with E-state index in [1.807, 2.05) is 13.0 Å². The Morgan fingerprint density at radius 2 is 1.85 bits per heavy atom. The highest BCUT2D eigenvalue weighted by atomic mass is 16.3. The summed E-state index contributed by atoms with van der Waals surface area (Å²) >= 11 is 0. The van der Waals surface area contributed by atoms with E-state index in [0.29, 0.717) is 24.3 Å². The largest absolute Gasteiger partial charge is 0.377 e. The van der Waals surface area contributed by atoms with Gasteiger partial charge in [0.2, 0.25) is 0 Å². The normalized spacial score (nSPS) is 34.6. The fraction of sp³-hybridized carbons (Fsp3) is 0.581. The molecule has 0 aromatic heterocycles. The molecule has 5 atom stereocenters. The molecule has 1 aromatic rings. The lowest BCUT2D eigenvalue weighted by Crippen LogP contribution is -2.51. The first-order valence-corrected chi connectivity index (χ1v) is 13.1. The van der Waals surface area contributed by atoms with Crippen molar-refractivity contribution in [3.63, 3.8) is 0 Å². The molecule has 0 saturated heterocycles. The standard InChI is InChI=1S/C31H39NO2/c1-6-16-31(34)17-15-28-26-13-9-22-18-24(33)12-14-25(22)29(26)27(19-30(28,31)4)21-7-10-23(11-8-21)32(5)20(2)3/h7-8,10-11,18,20,26-28,34H,9,12-15,17,19H2,1-5H3/t26-,27?,28-,30-,31-/m0/s1. The van der Waals surface area contributed by atoms with Gasteiger partial charge in [0, 0.05) is 36.5 Å². The first kappa shape index (κ1) is 23.4. The number of rotatable bonds is 3. The Balaban J connectivity index is 1.64. The van der Waals surface area contributed by atoms with E-state index in [2.05, 4.69) is 68.8 Å². The summed E-state index contributed by atoms with van der Waals surface area (Å²) < 4.78 is 0. The monoisotopic (exact) mass is 457 g/mol. The quantitative estimate of drug-likeness (QED) is 0.551. The third kappa shape index (κ3) is 3.49. The predicted molar refractivity (Wildman–Crippen MR) is 139 cm³/mol. The Morgan fingerprint density at radius 1 is 1.12 bits per heavy atom. The minimum Gasteiger partial charge on any atom is -0.377 e. The molecule has 4 aliphatic rings. The van der Waals surface area contributed by atoms with Crippen LogP contribution in [0.15, 0.2) is 47.1 Å². The van der Waals surface area contributed by atoms with Gasteiger partial charge in [-0.25, -0.2) is 0 Å². The molecule has 1 aromatic carbocycles. The molecule has 3 nitrogen and oxygen atoms in total. The summed E-state index contributed by atoms with van der Waals surface area (Å²) in [6, 6.07) is 9.56. The number of aliphatic hydroxyl groups is 1. The van der Waals surface area contributed by atoms with Crippen LogP contribution >= 0.6 is 0 Å². The van der Waals surface area contributed by atoms with Gasteiger partial charge in [0.25, 0.3) is 0 Å². The average Bonchev–Trinajstić information content (AvgIpc) is 3.08. The summed E-state index contributed by atoms with van der Waals surface area (Å²) in [6.07, 6.45) is 8.23. The van der Waals surface area contributed by atoms with Gasteiger partial charge in [-0.2, -0.15) is 0 Å². The van der Waals surface area contributed by atoms with Crippen LogP contribution in [-0.2, 0) is 4.79 Å². The van der Waals surface area contributed by atoms with Crippen LogP contribution in [0.3, 0.4) is 0 Å². The lowest BCUT2D eigenvalue weighted by molar-refractivity contribution is -0.114. The van der Waals surface area contributed by atoms with Gasteiger partial charge < -0.3 is 10.0 Å². The van der Waals surface area contributed by atoms with Gasteiger partial charge in [-0.15, -0.1) is 5.92 Å². The van der Waals surface area contributed by atoms with Gasteiger partial charge in [-0.1, -0.05) is 30.6 Å². The Bertz CT molecular complexity index is 1110. The minimum atomic E-state index is -0.919. The van der Waals surface area contributed by atoms with E-state index in [0.717, 1.165) is 38.5 Å². The van der Waals surface area contributed by atoms with Crippen LogP contribution in [0, 0.1) is 29.1 Å². The molecule has 1 unspecified atom stereocenters. The van der Waals surface area contributed by atoms with E-state index in [9.17, 15) is 9.90 Å². The van der Waals surface area contributed by atoms with Crippen molar-refractivity contribution in [2.45, 2.75) is 90.2 Å². The molecule has 1 N–H and O–H groups in total. The molecule has 5 rings (SSSR count). The van der Waals surface area contributed by atoms with Crippen LogP contribution in [-0.4, -0.2) is 29.6 Å². The van der Waals surface area contributed by atoms with Gasteiger partial charge in [0.05, 0.1) is 0 Å². The second kappa shape index (κ2) is 8.42. The van der Waals surface area contributed by atoms with Crippen molar-refractivity contribution in [3.05, 3.63) is 52.6 Å². The molecule has 0 heterocycles. The molecule has 2 fully saturated rings. The Labute approximate surface area is 205 Å². The predicted octanol–water partition coefficient (Wildman–Crippen LogP) is 6.19. The molecule has 0 radical (unpaired) electrons. The third-order valence-corrected chi connectivity index (χ3v) is 9.70. The highest BCUT2D eigenvalue weighted by Gasteiger charge is 2.62. The van der Waals surface area contributed by atoms with Crippen LogP contribution in [0.5, 0.6) is 0 Å². The number of anilines is 1. The molecular formula is C31H39NO2. The van der Waals surface area contributed by atoms with Crippen molar-refractivity contribution in [1.82, 2.24) is 0 Å². The van der Waals surface area contributed by atoms with Crippen molar-refractivity contribution >= 4 is 11.5 Å². The van der Waals surface area contributed by atoms with Gasteiger partial charge in [0.1, 0.15) is 5.60 Å². The zero-order valence-corrected chi connectivity index (χ0v) is 21.4. The van der Waals surface area contributed by atoms with Crippen LogP contribution in [0.25, 0.3) is 0 Å². The van der Waals surface area contributed by atoms with Crippen molar-refractivity contribution in [2.75, 3.05) is 11.9 Å². The zero-order valence-electron chi connectivity index (χ0n) is 21.4. The van der Waals surface area contributed by atoms with E-state index in [4.69, 9.17) is 0 Å². The fourth-order valence-electron chi connectivity index (χ4n) is 7.62. The second-order valence-corrected chi connectivity index (χ2v) is 11.6. The highest BCUT2D eigenvalue weighted by molar-refractivity contribution is 5.93. The summed E-state index contributed by atoms with van der Waals surface area (Å²) in [5.74, 6) is 7.77. The van der Waals surface area contributed by atoms with E-state index in [-0.39, 0.29) is 17.1 Å².